The molecule has 0 heterocycles. The molecule has 0 bridgehead atoms. The maximum Gasteiger partial charge on any atom is 0.335 e. The topological polar surface area (TPSA) is 99.4 Å². The molecule has 7 heteroatoms. The molecule has 3 aromatic carbocycles. The molecule has 31 heavy (non-hydrogen) atoms. The van der Waals surface area contributed by atoms with Crippen LogP contribution in [0.15, 0.2) is 78.4 Å². The monoisotopic (exact) mass is 432 g/mol. The molecule has 6 nitrogen and oxygen atoms in total. The van der Waals surface area contributed by atoms with Gasteiger partial charge in [-0.05, 0) is 48.0 Å². The zero-order valence-corrected chi connectivity index (χ0v) is 17.0. The van der Waals surface area contributed by atoms with Crippen LogP contribution in [0.3, 0.4) is 0 Å². The van der Waals surface area contributed by atoms with E-state index in [1.807, 2.05) is 24.3 Å². The molecule has 0 aliphatic heterocycles. The Morgan fingerprint density at radius 3 is 2.58 bits per heavy atom. The third kappa shape index (κ3) is 5.95. The van der Waals surface area contributed by atoms with Gasteiger partial charge in [-0.15, -0.1) is 0 Å². The van der Waals surface area contributed by atoms with E-state index in [4.69, 9.17) is 21.4 Å². The largest absolute Gasteiger partial charge is 0.489 e. The molecule has 0 aliphatic carbocycles. The molecule has 1 amide bonds. The number of nitrogens with zero attached hydrogens (tertiary/aromatic N) is 1. The molecule has 0 fully saturated rings. The minimum Gasteiger partial charge on any atom is -0.489 e. The summed E-state index contributed by atoms with van der Waals surface area (Å²) in [6, 6.07) is 21.9. The number of carbonyl (C=O) groups excluding carboxylic acids is 1. The second-order valence-corrected chi connectivity index (χ2v) is 6.87. The standard InChI is InChI=1S/C24H17ClN2O4/c25-22-10-2-1-6-18(22)15-31-21-9-3-5-16(12-21)11-19(14-26)23(28)27-20-8-4-7-17(13-20)24(29)30/h1-13H,15H2,(H,27,28)(H,29,30). The summed E-state index contributed by atoms with van der Waals surface area (Å²) in [5, 5.41) is 21.6. The fourth-order valence-electron chi connectivity index (χ4n) is 2.71. The van der Waals surface area contributed by atoms with Crippen molar-refractivity contribution in [1.82, 2.24) is 0 Å². The van der Waals surface area contributed by atoms with Gasteiger partial charge in [0.1, 0.15) is 24.0 Å². The maximum absolute atomic E-state index is 12.5. The number of hydrogen-bond donors (Lipinski definition) is 2. The van der Waals surface area contributed by atoms with Crippen LogP contribution in [0.25, 0.3) is 6.08 Å². The Hall–Kier alpha value is -4.08. The Bertz CT molecular complexity index is 1200. The van der Waals surface area contributed by atoms with Crippen molar-refractivity contribution in [3.05, 3.63) is 100 Å². The van der Waals surface area contributed by atoms with Gasteiger partial charge in [0.05, 0.1) is 5.56 Å². The highest BCUT2D eigenvalue weighted by atomic mass is 35.5. The van der Waals surface area contributed by atoms with E-state index in [2.05, 4.69) is 5.32 Å². The molecule has 0 saturated carbocycles. The van der Waals surface area contributed by atoms with Crippen LogP contribution in [0.2, 0.25) is 5.02 Å². The number of carboxylic acids is 1. The number of rotatable bonds is 7. The Kier molecular flexibility index (Phi) is 7.05. The van der Waals surface area contributed by atoms with Crippen molar-refractivity contribution in [1.29, 1.82) is 5.26 Å². The molecule has 154 valence electrons. The lowest BCUT2D eigenvalue weighted by Gasteiger charge is -2.09. The SMILES string of the molecule is N#CC(=Cc1cccc(OCc2ccccc2Cl)c1)C(=O)Nc1cccc(C(=O)O)c1. The molecule has 0 spiro atoms. The molecule has 0 radical (unpaired) electrons. The molecule has 2 N–H and O–H groups in total. The summed E-state index contributed by atoms with van der Waals surface area (Å²) in [7, 11) is 0. The van der Waals surface area contributed by atoms with Crippen LogP contribution in [0, 0.1) is 11.3 Å². The van der Waals surface area contributed by atoms with E-state index in [-0.39, 0.29) is 23.4 Å². The highest BCUT2D eigenvalue weighted by Gasteiger charge is 2.11. The summed E-state index contributed by atoms with van der Waals surface area (Å²) < 4.78 is 5.77. The van der Waals surface area contributed by atoms with Gasteiger partial charge in [0, 0.05) is 16.3 Å². The summed E-state index contributed by atoms with van der Waals surface area (Å²) >= 11 is 6.14. The fourth-order valence-corrected chi connectivity index (χ4v) is 2.90. The minimum atomic E-state index is -1.11. The van der Waals surface area contributed by atoms with Crippen molar-refractivity contribution >= 4 is 35.2 Å². The summed E-state index contributed by atoms with van der Waals surface area (Å²) in [6.07, 6.45) is 1.43. The predicted molar refractivity (Wildman–Crippen MR) is 118 cm³/mol. The lowest BCUT2D eigenvalue weighted by atomic mass is 10.1. The van der Waals surface area contributed by atoms with Crippen LogP contribution in [-0.2, 0) is 11.4 Å². The Labute approximate surface area is 184 Å². The van der Waals surface area contributed by atoms with Gasteiger partial charge in [-0.3, -0.25) is 4.79 Å². The number of carboxylic acid groups (broad SMARTS) is 1. The smallest absolute Gasteiger partial charge is 0.335 e. The van der Waals surface area contributed by atoms with Gasteiger partial charge in [-0.25, -0.2) is 4.79 Å². The van der Waals surface area contributed by atoms with Crippen LogP contribution in [-0.4, -0.2) is 17.0 Å². The van der Waals surface area contributed by atoms with Gasteiger partial charge in [0.2, 0.25) is 0 Å². The van der Waals surface area contributed by atoms with Crippen molar-refractivity contribution in [3.8, 4) is 11.8 Å². The molecule has 0 unspecified atom stereocenters. The number of carbonyl (C=O) groups is 2. The van der Waals surface area contributed by atoms with Gasteiger partial charge in [0.25, 0.3) is 5.91 Å². The highest BCUT2D eigenvalue weighted by Crippen LogP contribution is 2.21. The lowest BCUT2D eigenvalue weighted by molar-refractivity contribution is -0.112. The van der Waals surface area contributed by atoms with Crippen LogP contribution in [0.4, 0.5) is 5.69 Å². The number of hydrogen-bond acceptors (Lipinski definition) is 4. The fraction of sp³-hybridized carbons (Fsp3) is 0.0417. The zero-order valence-electron chi connectivity index (χ0n) is 16.2. The van der Waals surface area contributed by atoms with Gasteiger partial charge >= 0.3 is 5.97 Å². The van der Waals surface area contributed by atoms with Crippen LogP contribution in [0.1, 0.15) is 21.5 Å². The lowest BCUT2D eigenvalue weighted by Crippen LogP contribution is -2.13. The molecule has 3 rings (SSSR count). The minimum absolute atomic E-state index is 0.0312. The van der Waals surface area contributed by atoms with Crippen molar-refractivity contribution in [3.63, 3.8) is 0 Å². The molecule has 0 aliphatic rings. The Balaban J connectivity index is 1.73. The van der Waals surface area contributed by atoms with Crippen molar-refractivity contribution in [2.24, 2.45) is 0 Å². The molecular formula is C24H17ClN2O4. The van der Waals surface area contributed by atoms with Crippen LogP contribution in [0.5, 0.6) is 5.75 Å². The molecule has 0 atom stereocenters. The average molecular weight is 433 g/mol. The normalized spacial score (nSPS) is 10.8. The first-order chi connectivity index (χ1) is 15.0. The van der Waals surface area contributed by atoms with Crippen LogP contribution >= 0.6 is 11.6 Å². The van der Waals surface area contributed by atoms with E-state index in [9.17, 15) is 14.9 Å². The number of amides is 1. The van der Waals surface area contributed by atoms with E-state index in [0.29, 0.717) is 16.3 Å². The van der Waals surface area contributed by atoms with Crippen molar-refractivity contribution in [2.45, 2.75) is 6.61 Å². The van der Waals surface area contributed by atoms with Crippen molar-refractivity contribution in [2.75, 3.05) is 5.32 Å². The number of nitriles is 1. The van der Waals surface area contributed by atoms with Crippen LogP contribution < -0.4 is 10.1 Å². The van der Waals surface area contributed by atoms with E-state index in [1.165, 1.54) is 24.3 Å². The number of benzene rings is 3. The summed E-state index contributed by atoms with van der Waals surface area (Å²) in [6.45, 7) is 0.276. The number of nitrogens with one attached hydrogen (secondary N) is 1. The Morgan fingerprint density at radius 1 is 1.06 bits per heavy atom. The van der Waals surface area contributed by atoms with Gasteiger partial charge in [-0.1, -0.05) is 48.0 Å². The average Bonchev–Trinajstić information content (AvgIpc) is 2.77. The van der Waals surface area contributed by atoms with Gasteiger partial charge < -0.3 is 15.2 Å². The molecule has 0 aromatic heterocycles. The van der Waals surface area contributed by atoms with E-state index in [0.717, 1.165) is 5.56 Å². The van der Waals surface area contributed by atoms with Gasteiger partial charge in [0.15, 0.2) is 0 Å². The predicted octanol–water partition coefficient (Wildman–Crippen LogP) is 5.16. The quantitative estimate of drug-likeness (QED) is 0.396. The number of ether oxygens (including phenoxy) is 1. The highest BCUT2D eigenvalue weighted by molar-refractivity contribution is 6.31. The zero-order chi connectivity index (χ0) is 22.2. The first-order valence-corrected chi connectivity index (χ1v) is 9.57. The first-order valence-electron chi connectivity index (χ1n) is 9.19. The number of halogens is 1. The maximum atomic E-state index is 12.5. The number of aromatic carboxylic acids is 1. The summed E-state index contributed by atoms with van der Waals surface area (Å²) in [5.41, 5.74) is 1.61. The number of anilines is 1. The van der Waals surface area contributed by atoms with E-state index < -0.39 is 11.9 Å². The third-order valence-corrected chi connectivity index (χ3v) is 4.62. The van der Waals surface area contributed by atoms with E-state index >= 15 is 0 Å². The Morgan fingerprint density at radius 2 is 1.84 bits per heavy atom. The third-order valence-electron chi connectivity index (χ3n) is 4.25. The molecule has 0 saturated heterocycles. The summed E-state index contributed by atoms with van der Waals surface area (Å²) in [5.74, 6) is -1.20. The summed E-state index contributed by atoms with van der Waals surface area (Å²) in [4.78, 5) is 23.5. The first kappa shape index (κ1) is 21.6. The molecular weight excluding hydrogens is 416 g/mol. The second-order valence-electron chi connectivity index (χ2n) is 6.46. The molecule has 3 aromatic rings. The van der Waals surface area contributed by atoms with Crippen molar-refractivity contribution < 1.29 is 19.4 Å². The van der Waals surface area contributed by atoms with E-state index in [1.54, 1.807) is 36.4 Å². The second kappa shape index (κ2) is 10.1. The van der Waals surface area contributed by atoms with Gasteiger partial charge in [-0.2, -0.15) is 5.26 Å².